The Morgan fingerprint density at radius 1 is 1.38 bits per heavy atom. The van der Waals surface area contributed by atoms with Crippen molar-refractivity contribution in [2.24, 2.45) is 0 Å². The van der Waals surface area contributed by atoms with Crippen LogP contribution in [0, 0.1) is 5.82 Å². The third-order valence-electron chi connectivity index (χ3n) is 3.83. The van der Waals surface area contributed by atoms with Crippen LogP contribution in [0.4, 0.5) is 10.2 Å². The first-order valence-electron chi connectivity index (χ1n) is 8.24. The summed E-state index contributed by atoms with van der Waals surface area (Å²) < 4.78 is 21.1. The fourth-order valence-corrected chi connectivity index (χ4v) is 2.60. The average molecular weight is 357 g/mol. The minimum Gasteiger partial charge on any atom is -0.489 e. The smallest absolute Gasteiger partial charge is 0.167 e. The van der Waals surface area contributed by atoms with Gasteiger partial charge in [0.15, 0.2) is 11.9 Å². The van der Waals surface area contributed by atoms with Crippen molar-refractivity contribution in [3.8, 4) is 5.75 Å². The highest BCUT2D eigenvalue weighted by molar-refractivity contribution is 5.83. The van der Waals surface area contributed by atoms with E-state index in [1.165, 1.54) is 22.8 Å². The second kappa shape index (κ2) is 7.92. The van der Waals surface area contributed by atoms with E-state index in [1.54, 1.807) is 18.3 Å². The summed E-state index contributed by atoms with van der Waals surface area (Å²) >= 11 is 0. The molecule has 3 rings (SSSR count). The highest BCUT2D eigenvalue weighted by Gasteiger charge is 2.11. The third kappa shape index (κ3) is 3.97. The molecule has 26 heavy (non-hydrogen) atoms. The van der Waals surface area contributed by atoms with Crippen molar-refractivity contribution in [3.05, 3.63) is 53.6 Å². The molecule has 0 saturated carbocycles. The number of halogens is 1. The molecule has 0 saturated heterocycles. The molecule has 0 bridgehead atoms. The Bertz CT molecular complexity index is 912. The van der Waals surface area contributed by atoms with E-state index in [2.05, 4.69) is 20.7 Å². The van der Waals surface area contributed by atoms with Crippen LogP contribution in [0.15, 0.2) is 36.7 Å². The highest BCUT2D eigenvalue weighted by Crippen LogP contribution is 2.22. The average Bonchev–Trinajstić information content (AvgIpc) is 3.04. The molecule has 0 spiro atoms. The Labute approximate surface area is 150 Å². The minimum absolute atomic E-state index is 0.0550. The van der Waals surface area contributed by atoms with E-state index in [4.69, 9.17) is 4.74 Å². The molecule has 3 aromatic rings. The summed E-state index contributed by atoms with van der Waals surface area (Å²) in [5.41, 5.74) is 1.55. The fraction of sp³-hybridized carbons (Fsp3) is 0.278. The number of hydrogen-bond donors (Lipinski definition) is 2. The lowest BCUT2D eigenvalue weighted by Gasteiger charge is -2.17. The van der Waals surface area contributed by atoms with Crippen molar-refractivity contribution in [1.82, 2.24) is 19.9 Å². The van der Waals surface area contributed by atoms with Crippen LogP contribution < -0.4 is 15.4 Å². The van der Waals surface area contributed by atoms with E-state index in [0.717, 1.165) is 0 Å². The maximum atomic E-state index is 13.7. The number of carbonyl (C=O) groups is 1. The summed E-state index contributed by atoms with van der Waals surface area (Å²) in [6.45, 7) is 2.94. The monoisotopic (exact) mass is 357 g/mol. The molecule has 1 aromatic carbocycles. The zero-order chi connectivity index (χ0) is 18.5. The molecular weight excluding hydrogens is 337 g/mol. The van der Waals surface area contributed by atoms with Gasteiger partial charge in [-0.2, -0.15) is 5.10 Å². The summed E-state index contributed by atoms with van der Waals surface area (Å²) in [5, 5.41) is 10.2. The molecule has 8 heteroatoms. The molecule has 2 N–H and O–H groups in total. The number of aldehydes is 1. The van der Waals surface area contributed by atoms with Crippen molar-refractivity contribution in [3.63, 3.8) is 0 Å². The molecule has 0 aliphatic heterocycles. The van der Waals surface area contributed by atoms with Gasteiger partial charge in [-0.15, -0.1) is 0 Å². The number of nitrogens with one attached hydrogen (secondary N) is 2. The molecule has 136 valence electrons. The number of likely N-dealkylation sites (N-methyl/N-ethyl adjacent to an activating group) is 1. The molecule has 2 aromatic heterocycles. The first kappa shape index (κ1) is 17.8. The van der Waals surface area contributed by atoms with Gasteiger partial charge in [-0.3, -0.25) is 4.79 Å². The van der Waals surface area contributed by atoms with Gasteiger partial charge in [-0.05, 0) is 38.2 Å². The van der Waals surface area contributed by atoms with Gasteiger partial charge in [0.1, 0.15) is 23.5 Å². The second-order valence-corrected chi connectivity index (χ2v) is 5.89. The molecule has 1 atom stereocenters. The Kier molecular flexibility index (Phi) is 5.43. The summed E-state index contributed by atoms with van der Waals surface area (Å²) in [4.78, 5) is 15.4. The lowest BCUT2D eigenvalue weighted by Crippen LogP contribution is -2.26. The predicted octanol–water partition coefficient (Wildman–Crippen LogP) is 2.28. The van der Waals surface area contributed by atoms with Crippen molar-refractivity contribution in [2.75, 3.05) is 18.9 Å². The van der Waals surface area contributed by atoms with Crippen LogP contribution in [0.25, 0.3) is 5.65 Å². The maximum absolute atomic E-state index is 13.7. The first-order valence-corrected chi connectivity index (χ1v) is 8.24. The van der Waals surface area contributed by atoms with Crippen LogP contribution >= 0.6 is 0 Å². The lowest BCUT2D eigenvalue weighted by atomic mass is 10.2. The minimum atomic E-state index is -0.335. The van der Waals surface area contributed by atoms with Crippen molar-refractivity contribution in [2.45, 2.75) is 19.6 Å². The number of anilines is 1. The topological polar surface area (TPSA) is 80.5 Å². The molecule has 0 aliphatic carbocycles. The van der Waals surface area contributed by atoms with Gasteiger partial charge >= 0.3 is 0 Å². The largest absolute Gasteiger partial charge is 0.489 e. The molecule has 0 aliphatic rings. The zero-order valence-corrected chi connectivity index (χ0v) is 14.6. The van der Waals surface area contributed by atoms with E-state index in [1.807, 2.05) is 14.0 Å². The maximum Gasteiger partial charge on any atom is 0.167 e. The number of nitrogens with zero attached hydrogens (tertiary/aromatic N) is 3. The van der Waals surface area contributed by atoms with Crippen LogP contribution in [0.1, 0.15) is 22.8 Å². The summed E-state index contributed by atoms with van der Waals surface area (Å²) in [5.74, 6) is 0.832. The molecule has 7 nitrogen and oxygen atoms in total. The highest BCUT2D eigenvalue weighted by atomic mass is 19.1. The van der Waals surface area contributed by atoms with E-state index >= 15 is 0 Å². The van der Waals surface area contributed by atoms with E-state index in [9.17, 15) is 9.18 Å². The van der Waals surface area contributed by atoms with Gasteiger partial charge in [0.25, 0.3) is 0 Å². The normalized spacial score (nSPS) is 12.1. The molecule has 0 amide bonds. The van der Waals surface area contributed by atoms with Gasteiger partial charge in [-0.25, -0.2) is 13.9 Å². The predicted molar refractivity (Wildman–Crippen MR) is 96.1 cm³/mol. The van der Waals surface area contributed by atoms with Gasteiger partial charge in [0.2, 0.25) is 0 Å². The molecule has 0 radical (unpaired) electrons. The number of carbonyl (C=O) groups excluding carboxylic acids is 1. The van der Waals surface area contributed by atoms with Crippen LogP contribution in [0.5, 0.6) is 5.75 Å². The molecule has 2 heterocycles. The lowest BCUT2D eigenvalue weighted by molar-refractivity contribution is 0.112. The summed E-state index contributed by atoms with van der Waals surface area (Å²) in [7, 11) is 1.85. The van der Waals surface area contributed by atoms with Gasteiger partial charge in [0, 0.05) is 24.8 Å². The van der Waals surface area contributed by atoms with E-state index in [-0.39, 0.29) is 11.9 Å². The van der Waals surface area contributed by atoms with Gasteiger partial charge in [0.05, 0.1) is 11.8 Å². The van der Waals surface area contributed by atoms with Crippen LogP contribution in [-0.4, -0.2) is 40.6 Å². The Balaban J connectivity index is 1.78. The van der Waals surface area contributed by atoms with Gasteiger partial charge in [-0.1, -0.05) is 0 Å². The number of aromatic nitrogens is 3. The van der Waals surface area contributed by atoms with Crippen LogP contribution in [-0.2, 0) is 6.54 Å². The van der Waals surface area contributed by atoms with E-state index < -0.39 is 0 Å². The van der Waals surface area contributed by atoms with Crippen molar-refractivity contribution >= 4 is 17.8 Å². The molecular formula is C18H20FN5O2. The summed E-state index contributed by atoms with van der Waals surface area (Å²) in [6.07, 6.45) is 3.82. The zero-order valence-electron chi connectivity index (χ0n) is 14.6. The second-order valence-electron chi connectivity index (χ2n) is 5.89. The fourth-order valence-electron chi connectivity index (χ4n) is 2.60. The SMILES string of the molecule is CNC[C@H](C)Oc1ccc(F)cc1CNc1ccn2ncc(C=O)c2n1. The number of hydrogen-bond acceptors (Lipinski definition) is 6. The van der Waals surface area contributed by atoms with Crippen molar-refractivity contribution in [1.29, 1.82) is 0 Å². The Morgan fingerprint density at radius 3 is 3.00 bits per heavy atom. The van der Waals surface area contributed by atoms with Gasteiger partial charge < -0.3 is 15.4 Å². The van der Waals surface area contributed by atoms with Crippen molar-refractivity contribution < 1.29 is 13.9 Å². The Morgan fingerprint density at radius 2 is 2.23 bits per heavy atom. The van der Waals surface area contributed by atoms with Crippen LogP contribution in [0.3, 0.4) is 0 Å². The standard InChI is InChI=1S/C18H20FN5O2/c1-12(8-20-2)26-16-4-3-15(19)7-13(16)9-21-17-5-6-24-18(23-17)14(11-25)10-22-24/h3-7,10-12,20H,8-9H2,1-2H3,(H,21,23)/t12-/m0/s1. The van der Waals surface area contributed by atoms with Crippen LogP contribution in [0.2, 0.25) is 0 Å². The van der Waals surface area contributed by atoms with E-state index in [0.29, 0.717) is 47.7 Å². The number of benzene rings is 1. The third-order valence-corrected chi connectivity index (χ3v) is 3.83. The first-order chi connectivity index (χ1) is 12.6. The Hall–Kier alpha value is -3.00. The number of ether oxygens (including phenoxy) is 1. The quantitative estimate of drug-likeness (QED) is 0.602. The number of rotatable bonds is 8. The summed E-state index contributed by atoms with van der Waals surface area (Å²) in [6, 6.07) is 6.16. The number of fused-ring (bicyclic) bond motifs is 1. The molecule has 0 fully saturated rings. The molecule has 0 unspecified atom stereocenters.